The van der Waals surface area contributed by atoms with Gasteiger partial charge in [-0.15, -0.1) is 0 Å². The minimum absolute atomic E-state index is 0.382. The highest BCUT2D eigenvalue weighted by Crippen LogP contribution is 2.15. The topological polar surface area (TPSA) is 50.3 Å². The first-order valence-corrected chi connectivity index (χ1v) is 5.67. The Morgan fingerprint density at radius 2 is 2.06 bits per heavy atom. The van der Waals surface area contributed by atoms with Crippen molar-refractivity contribution in [3.8, 4) is 0 Å². The number of ether oxygens (including phenoxy) is 1. The Bertz CT molecular complexity index is 337. The van der Waals surface area contributed by atoms with E-state index in [1.54, 1.807) is 6.33 Å². The van der Waals surface area contributed by atoms with Gasteiger partial charge in [-0.25, -0.2) is 9.97 Å². The van der Waals surface area contributed by atoms with Crippen molar-refractivity contribution in [1.29, 1.82) is 0 Å². The summed E-state index contributed by atoms with van der Waals surface area (Å²) in [5.41, 5.74) is 0. The molecule has 16 heavy (non-hydrogen) atoms. The fourth-order valence-corrected chi connectivity index (χ4v) is 1.69. The van der Waals surface area contributed by atoms with Crippen molar-refractivity contribution in [1.82, 2.24) is 9.97 Å². The van der Waals surface area contributed by atoms with E-state index in [-0.39, 0.29) is 0 Å². The molecule has 1 aliphatic rings. The molecular formula is C11H18N4O. The van der Waals surface area contributed by atoms with Crippen LogP contribution in [0.1, 0.15) is 13.8 Å². The monoisotopic (exact) mass is 222 g/mol. The van der Waals surface area contributed by atoms with Crippen molar-refractivity contribution in [2.45, 2.75) is 19.9 Å². The Labute approximate surface area is 95.8 Å². The Morgan fingerprint density at radius 1 is 1.31 bits per heavy atom. The third-order valence-corrected chi connectivity index (χ3v) is 2.42. The van der Waals surface area contributed by atoms with Crippen molar-refractivity contribution >= 4 is 11.6 Å². The van der Waals surface area contributed by atoms with Crippen LogP contribution in [0.4, 0.5) is 11.6 Å². The molecule has 1 saturated heterocycles. The van der Waals surface area contributed by atoms with Crippen LogP contribution in [0.25, 0.3) is 0 Å². The molecule has 0 atom stereocenters. The molecule has 1 fully saturated rings. The van der Waals surface area contributed by atoms with Crippen molar-refractivity contribution < 1.29 is 4.74 Å². The number of aromatic nitrogens is 2. The van der Waals surface area contributed by atoms with E-state index in [2.05, 4.69) is 34.0 Å². The van der Waals surface area contributed by atoms with Crippen LogP contribution >= 0.6 is 0 Å². The summed E-state index contributed by atoms with van der Waals surface area (Å²) >= 11 is 0. The molecule has 0 spiro atoms. The summed E-state index contributed by atoms with van der Waals surface area (Å²) in [7, 11) is 0. The van der Waals surface area contributed by atoms with Crippen molar-refractivity contribution in [3.63, 3.8) is 0 Å². The molecule has 1 aliphatic heterocycles. The second-order valence-electron chi connectivity index (χ2n) is 4.16. The lowest BCUT2D eigenvalue weighted by Crippen LogP contribution is -2.36. The highest BCUT2D eigenvalue weighted by molar-refractivity contribution is 5.48. The van der Waals surface area contributed by atoms with Crippen LogP contribution in [-0.2, 0) is 4.74 Å². The fourth-order valence-electron chi connectivity index (χ4n) is 1.69. The zero-order valence-electron chi connectivity index (χ0n) is 9.81. The maximum atomic E-state index is 5.32. The highest BCUT2D eigenvalue weighted by atomic mass is 16.5. The molecule has 0 saturated carbocycles. The van der Waals surface area contributed by atoms with Crippen molar-refractivity contribution in [2.24, 2.45) is 0 Å². The molecule has 2 rings (SSSR count). The van der Waals surface area contributed by atoms with Crippen LogP contribution < -0.4 is 10.2 Å². The Hall–Kier alpha value is -1.36. The van der Waals surface area contributed by atoms with Gasteiger partial charge in [-0.05, 0) is 13.8 Å². The van der Waals surface area contributed by atoms with E-state index in [0.29, 0.717) is 6.04 Å². The predicted molar refractivity (Wildman–Crippen MR) is 63.8 cm³/mol. The summed E-state index contributed by atoms with van der Waals surface area (Å²) in [5.74, 6) is 1.85. The van der Waals surface area contributed by atoms with Gasteiger partial charge in [-0.3, -0.25) is 0 Å². The third kappa shape index (κ3) is 2.82. The van der Waals surface area contributed by atoms with Crippen LogP contribution in [0.3, 0.4) is 0 Å². The molecule has 0 aliphatic carbocycles. The molecule has 0 amide bonds. The van der Waals surface area contributed by atoms with Crippen molar-refractivity contribution in [2.75, 3.05) is 36.5 Å². The molecular weight excluding hydrogens is 204 g/mol. The zero-order valence-corrected chi connectivity index (χ0v) is 9.81. The molecule has 88 valence electrons. The smallest absolute Gasteiger partial charge is 0.134 e. The summed E-state index contributed by atoms with van der Waals surface area (Å²) in [4.78, 5) is 10.7. The lowest BCUT2D eigenvalue weighted by atomic mass is 10.3. The van der Waals surface area contributed by atoms with Crippen LogP contribution in [-0.4, -0.2) is 42.3 Å². The van der Waals surface area contributed by atoms with Crippen LogP contribution in [0, 0.1) is 0 Å². The van der Waals surface area contributed by atoms with E-state index < -0.39 is 0 Å². The van der Waals surface area contributed by atoms with Gasteiger partial charge in [-0.2, -0.15) is 0 Å². The summed E-state index contributed by atoms with van der Waals surface area (Å²) in [6, 6.07) is 2.37. The molecule has 0 unspecified atom stereocenters. The van der Waals surface area contributed by atoms with Gasteiger partial charge in [-0.1, -0.05) is 0 Å². The van der Waals surface area contributed by atoms with E-state index >= 15 is 0 Å². The predicted octanol–water partition coefficient (Wildman–Crippen LogP) is 1.13. The average molecular weight is 222 g/mol. The molecule has 0 radical (unpaired) electrons. The van der Waals surface area contributed by atoms with Crippen LogP contribution in [0.5, 0.6) is 0 Å². The van der Waals surface area contributed by atoms with E-state index in [9.17, 15) is 0 Å². The Kier molecular flexibility index (Phi) is 3.56. The van der Waals surface area contributed by atoms with E-state index in [1.807, 2.05) is 6.07 Å². The van der Waals surface area contributed by atoms with E-state index in [4.69, 9.17) is 4.74 Å². The highest BCUT2D eigenvalue weighted by Gasteiger charge is 2.12. The minimum atomic E-state index is 0.382. The molecule has 0 aromatic carbocycles. The summed E-state index contributed by atoms with van der Waals surface area (Å²) in [5, 5.41) is 3.28. The number of morpholine rings is 1. The minimum Gasteiger partial charge on any atom is -0.378 e. The first kappa shape index (κ1) is 11.1. The fraction of sp³-hybridized carbons (Fsp3) is 0.636. The largest absolute Gasteiger partial charge is 0.378 e. The van der Waals surface area contributed by atoms with Gasteiger partial charge in [0.15, 0.2) is 0 Å². The van der Waals surface area contributed by atoms with E-state index in [1.165, 1.54) is 0 Å². The lowest BCUT2D eigenvalue weighted by Gasteiger charge is -2.27. The third-order valence-electron chi connectivity index (χ3n) is 2.42. The Balaban J connectivity index is 2.08. The van der Waals surface area contributed by atoms with Gasteiger partial charge >= 0.3 is 0 Å². The van der Waals surface area contributed by atoms with Gasteiger partial charge in [0.1, 0.15) is 18.0 Å². The average Bonchev–Trinajstić information content (AvgIpc) is 2.30. The summed E-state index contributed by atoms with van der Waals surface area (Å²) in [6.07, 6.45) is 1.61. The number of nitrogens with zero attached hydrogens (tertiary/aromatic N) is 3. The quantitative estimate of drug-likeness (QED) is 0.831. The molecule has 0 bridgehead atoms. The zero-order chi connectivity index (χ0) is 11.4. The molecule has 5 nitrogen and oxygen atoms in total. The number of hydrogen-bond donors (Lipinski definition) is 1. The Morgan fingerprint density at radius 3 is 2.75 bits per heavy atom. The molecule has 1 N–H and O–H groups in total. The lowest BCUT2D eigenvalue weighted by molar-refractivity contribution is 0.122. The second kappa shape index (κ2) is 5.12. The number of rotatable bonds is 3. The maximum absolute atomic E-state index is 5.32. The number of hydrogen-bond acceptors (Lipinski definition) is 5. The van der Waals surface area contributed by atoms with Gasteiger partial charge < -0.3 is 15.0 Å². The number of nitrogens with one attached hydrogen (secondary N) is 1. The van der Waals surface area contributed by atoms with Gasteiger partial charge in [0.2, 0.25) is 0 Å². The van der Waals surface area contributed by atoms with Gasteiger partial charge in [0.05, 0.1) is 13.2 Å². The normalized spacial score (nSPS) is 16.6. The van der Waals surface area contributed by atoms with Crippen molar-refractivity contribution in [3.05, 3.63) is 12.4 Å². The second-order valence-corrected chi connectivity index (χ2v) is 4.16. The SMILES string of the molecule is CC(C)Nc1cc(N2CCOCC2)ncn1. The molecule has 1 aromatic heterocycles. The maximum Gasteiger partial charge on any atom is 0.134 e. The molecule has 5 heteroatoms. The van der Waals surface area contributed by atoms with Gasteiger partial charge in [0, 0.05) is 25.2 Å². The molecule has 1 aromatic rings. The van der Waals surface area contributed by atoms with E-state index in [0.717, 1.165) is 37.9 Å². The van der Waals surface area contributed by atoms with Crippen LogP contribution in [0.2, 0.25) is 0 Å². The summed E-state index contributed by atoms with van der Waals surface area (Å²) in [6.45, 7) is 7.54. The first-order chi connectivity index (χ1) is 7.75. The standard InChI is InChI=1S/C11H18N4O/c1-9(2)14-10-7-11(13-8-12-10)15-3-5-16-6-4-15/h7-9H,3-6H2,1-2H3,(H,12,13,14). The number of anilines is 2. The first-order valence-electron chi connectivity index (χ1n) is 5.67. The van der Waals surface area contributed by atoms with Crippen LogP contribution in [0.15, 0.2) is 12.4 Å². The molecule has 2 heterocycles. The van der Waals surface area contributed by atoms with Gasteiger partial charge in [0.25, 0.3) is 0 Å². The summed E-state index contributed by atoms with van der Waals surface area (Å²) < 4.78 is 5.32.